The molecule has 1 aliphatic carbocycles. The molecule has 3 nitrogen and oxygen atoms in total. The molecule has 0 aliphatic heterocycles. The fourth-order valence-corrected chi connectivity index (χ4v) is 4.02. The van der Waals surface area contributed by atoms with Crippen molar-refractivity contribution in [2.75, 3.05) is 27.7 Å². The van der Waals surface area contributed by atoms with Crippen LogP contribution >= 0.6 is 0 Å². The van der Waals surface area contributed by atoms with E-state index in [1.165, 1.54) is 0 Å². The number of hydrogen-bond acceptors (Lipinski definition) is 3. The van der Waals surface area contributed by atoms with E-state index in [9.17, 15) is 5.11 Å². The molecule has 2 atom stereocenters. The molecular formula is C26H31NO2. The Labute approximate surface area is 175 Å². The first kappa shape index (κ1) is 21.2. The molecule has 0 radical (unpaired) electrons. The first-order chi connectivity index (χ1) is 14.0. The molecule has 0 aromatic heterocycles. The lowest BCUT2D eigenvalue weighted by Crippen LogP contribution is -2.43. The molecule has 2 unspecified atom stereocenters. The predicted octanol–water partition coefficient (Wildman–Crippen LogP) is 4.61. The van der Waals surface area contributed by atoms with Crippen LogP contribution in [0.1, 0.15) is 36.8 Å². The molecule has 1 saturated carbocycles. The van der Waals surface area contributed by atoms with Crippen LogP contribution in [0.25, 0.3) is 6.08 Å². The summed E-state index contributed by atoms with van der Waals surface area (Å²) in [4.78, 5) is 2.15. The molecule has 0 spiro atoms. The second kappa shape index (κ2) is 9.78. The monoisotopic (exact) mass is 389 g/mol. The highest BCUT2D eigenvalue weighted by Crippen LogP contribution is 2.38. The van der Waals surface area contributed by atoms with Crippen molar-refractivity contribution in [2.45, 2.75) is 31.3 Å². The Kier molecular flexibility index (Phi) is 7.14. The molecule has 29 heavy (non-hydrogen) atoms. The molecule has 152 valence electrons. The summed E-state index contributed by atoms with van der Waals surface area (Å²) in [6.45, 7) is 0.801. The molecule has 0 bridgehead atoms. The molecule has 2 aromatic rings. The third-order valence-electron chi connectivity index (χ3n) is 5.52. The lowest BCUT2D eigenvalue weighted by Gasteiger charge is -2.34. The van der Waals surface area contributed by atoms with Crippen LogP contribution in [0.4, 0.5) is 0 Å². The van der Waals surface area contributed by atoms with Crippen LogP contribution in [0.5, 0.6) is 5.75 Å². The van der Waals surface area contributed by atoms with Gasteiger partial charge in [-0.05, 0) is 68.8 Å². The maximum atomic E-state index is 12.0. The first-order valence-corrected chi connectivity index (χ1v) is 10.3. The molecular weight excluding hydrogens is 358 g/mol. The summed E-state index contributed by atoms with van der Waals surface area (Å²) < 4.78 is 5.37. The maximum Gasteiger partial charge on any atom is 0.151 e. The van der Waals surface area contributed by atoms with Crippen LogP contribution in [0.3, 0.4) is 0 Å². The third kappa shape index (κ3) is 5.50. The topological polar surface area (TPSA) is 32.7 Å². The van der Waals surface area contributed by atoms with Crippen LogP contribution in [0.2, 0.25) is 0 Å². The van der Waals surface area contributed by atoms with Gasteiger partial charge in [0.25, 0.3) is 0 Å². The summed E-state index contributed by atoms with van der Waals surface area (Å²) in [5, 5.41) is 12.0. The molecule has 1 aliphatic rings. The minimum absolute atomic E-state index is 0.0630. The molecule has 3 heteroatoms. The van der Waals surface area contributed by atoms with Crippen LogP contribution in [-0.2, 0) is 0 Å². The number of nitrogens with zero attached hydrogens (tertiary/aromatic N) is 1. The minimum atomic E-state index is -1.15. The molecule has 1 fully saturated rings. The van der Waals surface area contributed by atoms with E-state index in [0.717, 1.165) is 54.7 Å². The first-order valence-electron chi connectivity index (χ1n) is 10.3. The summed E-state index contributed by atoms with van der Waals surface area (Å²) in [6.07, 6.45) is 6.09. The van der Waals surface area contributed by atoms with Crippen LogP contribution in [0.15, 0.2) is 60.2 Å². The standard InChI is InChI=1S/C26H31NO2/c1-27(2)20-24-14-8-7-13-23(18-22-12-9-15-25(19-22)29-3)26(24,28)17-16-21-10-5-4-6-11-21/h4-6,9-12,15,18-19,24,28H,7-8,13-14,20H2,1-3H3/b23-18+. The van der Waals surface area contributed by atoms with Crippen LogP contribution < -0.4 is 4.74 Å². The van der Waals surface area contributed by atoms with Gasteiger partial charge >= 0.3 is 0 Å². The van der Waals surface area contributed by atoms with Crippen molar-refractivity contribution >= 4 is 6.08 Å². The van der Waals surface area contributed by atoms with E-state index in [-0.39, 0.29) is 5.92 Å². The zero-order valence-electron chi connectivity index (χ0n) is 17.7. The normalized spacial score (nSPS) is 23.3. The van der Waals surface area contributed by atoms with Crippen molar-refractivity contribution in [1.82, 2.24) is 4.90 Å². The lowest BCUT2D eigenvalue weighted by molar-refractivity contribution is 0.0569. The van der Waals surface area contributed by atoms with Gasteiger partial charge in [0.05, 0.1) is 7.11 Å². The van der Waals surface area contributed by atoms with Crippen molar-refractivity contribution in [2.24, 2.45) is 5.92 Å². The average Bonchev–Trinajstić information content (AvgIpc) is 2.87. The maximum absolute atomic E-state index is 12.0. The Morgan fingerprint density at radius 3 is 2.66 bits per heavy atom. The molecule has 0 saturated heterocycles. The Bertz CT molecular complexity index is 892. The van der Waals surface area contributed by atoms with E-state index in [4.69, 9.17) is 4.74 Å². The summed E-state index contributed by atoms with van der Waals surface area (Å²) in [7, 11) is 5.79. The zero-order chi connectivity index (χ0) is 20.7. The summed E-state index contributed by atoms with van der Waals surface area (Å²) in [5.41, 5.74) is 1.80. The molecule has 3 rings (SSSR count). The second-order valence-corrected chi connectivity index (χ2v) is 8.03. The molecule has 0 amide bonds. The average molecular weight is 390 g/mol. The highest BCUT2D eigenvalue weighted by molar-refractivity contribution is 5.59. The Balaban J connectivity index is 2.07. The van der Waals surface area contributed by atoms with E-state index in [1.54, 1.807) is 7.11 Å². The highest BCUT2D eigenvalue weighted by atomic mass is 16.5. The fraction of sp³-hybridized carbons (Fsp3) is 0.385. The van der Waals surface area contributed by atoms with Gasteiger partial charge in [0, 0.05) is 18.0 Å². The van der Waals surface area contributed by atoms with Gasteiger partial charge in [-0.1, -0.05) is 54.7 Å². The third-order valence-corrected chi connectivity index (χ3v) is 5.52. The van der Waals surface area contributed by atoms with E-state index < -0.39 is 5.60 Å². The molecule has 0 heterocycles. The largest absolute Gasteiger partial charge is 0.497 e. The highest BCUT2D eigenvalue weighted by Gasteiger charge is 2.40. The van der Waals surface area contributed by atoms with Crippen LogP contribution in [0, 0.1) is 17.8 Å². The second-order valence-electron chi connectivity index (χ2n) is 8.03. The van der Waals surface area contributed by atoms with Gasteiger partial charge in [0.15, 0.2) is 5.60 Å². The van der Waals surface area contributed by atoms with E-state index in [2.05, 4.69) is 36.9 Å². The van der Waals surface area contributed by atoms with E-state index in [1.807, 2.05) is 54.6 Å². The van der Waals surface area contributed by atoms with Crippen molar-refractivity contribution in [3.8, 4) is 17.6 Å². The molecule has 1 N–H and O–H groups in total. The summed E-state index contributed by atoms with van der Waals surface area (Å²) in [6, 6.07) is 17.9. The van der Waals surface area contributed by atoms with Crippen molar-refractivity contribution in [1.29, 1.82) is 0 Å². The fourth-order valence-electron chi connectivity index (χ4n) is 4.02. The van der Waals surface area contributed by atoms with Gasteiger partial charge in [-0.3, -0.25) is 0 Å². The van der Waals surface area contributed by atoms with Gasteiger partial charge in [0.2, 0.25) is 0 Å². The quantitative estimate of drug-likeness (QED) is 0.612. The predicted molar refractivity (Wildman–Crippen MR) is 120 cm³/mol. The van der Waals surface area contributed by atoms with Crippen molar-refractivity contribution in [3.63, 3.8) is 0 Å². The number of benzene rings is 2. The summed E-state index contributed by atoms with van der Waals surface area (Å²) in [5.74, 6) is 7.41. The number of aliphatic hydroxyl groups is 1. The number of methoxy groups -OCH3 is 1. The minimum Gasteiger partial charge on any atom is -0.497 e. The van der Waals surface area contributed by atoms with Gasteiger partial charge in [-0.25, -0.2) is 0 Å². The smallest absolute Gasteiger partial charge is 0.151 e. The summed E-state index contributed by atoms with van der Waals surface area (Å²) >= 11 is 0. The van der Waals surface area contributed by atoms with E-state index >= 15 is 0 Å². The van der Waals surface area contributed by atoms with Crippen molar-refractivity contribution in [3.05, 3.63) is 71.3 Å². The van der Waals surface area contributed by atoms with Crippen LogP contribution in [-0.4, -0.2) is 43.4 Å². The lowest BCUT2D eigenvalue weighted by atomic mass is 9.79. The number of hydrogen-bond donors (Lipinski definition) is 1. The van der Waals surface area contributed by atoms with Gasteiger partial charge in [-0.15, -0.1) is 0 Å². The number of rotatable bonds is 4. The van der Waals surface area contributed by atoms with Crippen molar-refractivity contribution < 1.29 is 9.84 Å². The Morgan fingerprint density at radius 2 is 1.93 bits per heavy atom. The zero-order valence-corrected chi connectivity index (χ0v) is 17.7. The van der Waals surface area contributed by atoms with Gasteiger partial charge in [-0.2, -0.15) is 0 Å². The molecule has 2 aromatic carbocycles. The van der Waals surface area contributed by atoms with Gasteiger partial charge < -0.3 is 14.7 Å². The Morgan fingerprint density at radius 1 is 1.14 bits per heavy atom. The van der Waals surface area contributed by atoms with E-state index in [0.29, 0.717) is 0 Å². The number of ether oxygens (including phenoxy) is 1. The van der Waals surface area contributed by atoms with Gasteiger partial charge in [0.1, 0.15) is 5.75 Å². The Hall–Kier alpha value is -2.54. The SMILES string of the molecule is COc1cccc(/C=C2\CCCCC(CN(C)C)C2(O)C#Cc2ccccc2)c1.